The molecular formula is C28H21ClF2N2O5. The molecule has 3 aromatic carbocycles. The SMILES string of the molecule is Cn1cc(/C(C[C@@H](c2ccc(-c3ccc(OC(=O)O)c(F)c3)cc2)c2ccc(Cl)cc2F)=N/O)ccc1=O. The summed E-state index contributed by atoms with van der Waals surface area (Å²) in [7, 11) is 1.57. The molecule has 0 saturated heterocycles. The Hall–Kier alpha value is -4.50. The molecule has 0 radical (unpaired) electrons. The zero-order valence-electron chi connectivity index (χ0n) is 19.9. The van der Waals surface area contributed by atoms with E-state index in [1.54, 1.807) is 43.4 Å². The minimum absolute atomic E-state index is 0.0858. The van der Waals surface area contributed by atoms with E-state index in [0.717, 1.165) is 6.07 Å². The summed E-state index contributed by atoms with van der Waals surface area (Å²) in [6.07, 6.45) is -0.00481. The molecule has 7 nitrogen and oxygen atoms in total. The van der Waals surface area contributed by atoms with Gasteiger partial charge in [-0.2, -0.15) is 0 Å². The minimum Gasteiger partial charge on any atom is -0.449 e. The largest absolute Gasteiger partial charge is 0.511 e. The first kappa shape index (κ1) is 26.6. The van der Waals surface area contributed by atoms with Gasteiger partial charge in [-0.25, -0.2) is 13.6 Å². The first-order valence-corrected chi connectivity index (χ1v) is 11.7. The number of rotatable bonds is 7. The fourth-order valence-electron chi connectivity index (χ4n) is 4.13. The average molecular weight is 539 g/mol. The van der Waals surface area contributed by atoms with Crippen molar-refractivity contribution in [2.75, 3.05) is 0 Å². The van der Waals surface area contributed by atoms with Crippen molar-refractivity contribution in [3.63, 3.8) is 0 Å². The molecule has 0 spiro atoms. The smallest absolute Gasteiger partial charge is 0.449 e. The van der Waals surface area contributed by atoms with Crippen LogP contribution in [0.5, 0.6) is 5.75 Å². The third-order valence-electron chi connectivity index (χ3n) is 6.05. The standard InChI is InChI=1S/C28H21ClF2N2O5/c1-33-15-19(7-11-27(33)34)25(32-37)14-22(21-9-8-20(29)13-23(21)30)17-4-2-16(3-5-17)18-6-10-26(24(31)12-18)38-28(35)36/h2-13,15,22,37H,14H2,1H3,(H,35,36)/b32-25+/t22-/m0/s1. The van der Waals surface area contributed by atoms with Crippen LogP contribution in [-0.2, 0) is 7.05 Å². The molecule has 0 unspecified atom stereocenters. The monoisotopic (exact) mass is 538 g/mol. The van der Waals surface area contributed by atoms with Crippen LogP contribution in [0.3, 0.4) is 0 Å². The lowest BCUT2D eigenvalue weighted by Gasteiger charge is -2.20. The maximum absolute atomic E-state index is 15.0. The summed E-state index contributed by atoms with van der Waals surface area (Å²) < 4.78 is 35.1. The normalized spacial score (nSPS) is 12.3. The van der Waals surface area contributed by atoms with E-state index in [9.17, 15) is 19.2 Å². The number of hydrogen-bond donors (Lipinski definition) is 2. The van der Waals surface area contributed by atoms with Gasteiger partial charge in [-0.15, -0.1) is 0 Å². The Balaban J connectivity index is 1.71. The Bertz CT molecular complexity index is 1590. The number of aryl methyl sites for hydroxylation is 1. The van der Waals surface area contributed by atoms with Gasteiger partial charge < -0.3 is 19.6 Å². The summed E-state index contributed by atoms with van der Waals surface area (Å²) in [5.41, 5.74) is 2.58. The highest BCUT2D eigenvalue weighted by molar-refractivity contribution is 6.30. The fraction of sp³-hybridized carbons (Fsp3) is 0.107. The highest BCUT2D eigenvalue weighted by Crippen LogP contribution is 2.34. The second-order valence-electron chi connectivity index (χ2n) is 8.47. The predicted molar refractivity (Wildman–Crippen MR) is 138 cm³/mol. The molecule has 0 bridgehead atoms. The third-order valence-corrected chi connectivity index (χ3v) is 6.29. The van der Waals surface area contributed by atoms with Crippen LogP contribution in [0.2, 0.25) is 5.02 Å². The Labute approximate surface area is 220 Å². The molecule has 10 heteroatoms. The second-order valence-corrected chi connectivity index (χ2v) is 8.91. The van der Waals surface area contributed by atoms with E-state index in [2.05, 4.69) is 9.89 Å². The molecule has 194 valence electrons. The molecule has 0 aliphatic carbocycles. The van der Waals surface area contributed by atoms with Crippen LogP contribution < -0.4 is 10.3 Å². The van der Waals surface area contributed by atoms with Gasteiger partial charge in [0.15, 0.2) is 11.6 Å². The molecule has 0 aliphatic heterocycles. The van der Waals surface area contributed by atoms with Gasteiger partial charge in [0, 0.05) is 42.2 Å². The average Bonchev–Trinajstić information content (AvgIpc) is 2.88. The van der Waals surface area contributed by atoms with Crippen molar-refractivity contribution < 1.29 is 28.6 Å². The molecule has 0 aliphatic rings. The highest BCUT2D eigenvalue weighted by Gasteiger charge is 2.22. The van der Waals surface area contributed by atoms with E-state index in [1.165, 1.54) is 41.1 Å². The number of ether oxygens (including phenoxy) is 1. The van der Waals surface area contributed by atoms with Crippen molar-refractivity contribution in [2.24, 2.45) is 12.2 Å². The van der Waals surface area contributed by atoms with Gasteiger partial charge in [0.2, 0.25) is 5.56 Å². The zero-order valence-corrected chi connectivity index (χ0v) is 20.7. The molecule has 4 aromatic rings. The molecule has 1 aromatic heterocycles. The van der Waals surface area contributed by atoms with Crippen molar-refractivity contribution >= 4 is 23.5 Å². The van der Waals surface area contributed by atoms with Gasteiger partial charge in [0.25, 0.3) is 0 Å². The van der Waals surface area contributed by atoms with Gasteiger partial charge in [-0.05, 0) is 52.6 Å². The number of carboxylic acid groups (broad SMARTS) is 1. The Morgan fingerprint density at radius 2 is 1.71 bits per heavy atom. The van der Waals surface area contributed by atoms with Crippen LogP contribution in [0.25, 0.3) is 11.1 Å². The molecular weight excluding hydrogens is 518 g/mol. The van der Waals surface area contributed by atoms with Crippen molar-refractivity contribution in [3.05, 3.63) is 123 Å². The Morgan fingerprint density at radius 3 is 2.32 bits per heavy atom. The van der Waals surface area contributed by atoms with E-state index in [-0.39, 0.29) is 22.7 Å². The topological polar surface area (TPSA) is 101 Å². The molecule has 0 amide bonds. The fourth-order valence-corrected chi connectivity index (χ4v) is 4.29. The summed E-state index contributed by atoms with van der Waals surface area (Å²) in [5, 5.41) is 22.2. The van der Waals surface area contributed by atoms with Gasteiger partial charge in [-0.1, -0.05) is 53.2 Å². The van der Waals surface area contributed by atoms with E-state index in [4.69, 9.17) is 16.7 Å². The zero-order chi connectivity index (χ0) is 27.4. The van der Waals surface area contributed by atoms with Crippen LogP contribution in [-0.4, -0.2) is 26.7 Å². The van der Waals surface area contributed by atoms with Crippen LogP contribution in [0.15, 0.2) is 88.9 Å². The van der Waals surface area contributed by atoms with E-state index >= 15 is 4.39 Å². The lowest BCUT2D eigenvalue weighted by Crippen LogP contribution is -2.18. The van der Waals surface area contributed by atoms with E-state index in [0.29, 0.717) is 27.8 Å². The van der Waals surface area contributed by atoms with E-state index in [1.807, 2.05) is 0 Å². The lowest BCUT2D eigenvalue weighted by atomic mass is 9.84. The molecule has 0 fully saturated rings. The number of carbonyl (C=O) groups is 1. The van der Waals surface area contributed by atoms with Crippen molar-refractivity contribution in [1.82, 2.24) is 4.57 Å². The summed E-state index contributed by atoms with van der Waals surface area (Å²) in [4.78, 5) is 22.5. The van der Waals surface area contributed by atoms with Gasteiger partial charge >= 0.3 is 6.16 Å². The first-order chi connectivity index (χ1) is 18.2. The number of benzene rings is 3. The summed E-state index contributed by atoms with van der Waals surface area (Å²) in [6, 6.07) is 18.0. The summed E-state index contributed by atoms with van der Waals surface area (Å²) in [6.45, 7) is 0. The quantitative estimate of drug-likeness (QED) is 0.0926. The molecule has 1 atom stereocenters. The number of hydrogen-bond acceptors (Lipinski definition) is 5. The number of pyridine rings is 1. The van der Waals surface area contributed by atoms with Crippen LogP contribution in [0, 0.1) is 11.6 Å². The minimum atomic E-state index is -1.62. The van der Waals surface area contributed by atoms with Crippen molar-refractivity contribution in [3.8, 4) is 16.9 Å². The van der Waals surface area contributed by atoms with Crippen LogP contribution >= 0.6 is 11.6 Å². The van der Waals surface area contributed by atoms with Crippen LogP contribution in [0.1, 0.15) is 29.0 Å². The van der Waals surface area contributed by atoms with Gasteiger partial charge in [-0.3, -0.25) is 4.79 Å². The lowest BCUT2D eigenvalue weighted by molar-refractivity contribution is 0.142. The molecule has 4 rings (SSSR count). The van der Waals surface area contributed by atoms with Crippen LogP contribution in [0.4, 0.5) is 13.6 Å². The van der Waals surface area contributed by atoms with Gasteiger partial charge in [0.05, 0.1) is 5.71 Å². The molecule has 2 N–H and O–H groups in total. The molecule has 1 heterocycles. The first-order valence-electron chi connectivity index (χ1n) is 11.3. The number of oxime groups is 1. The Morgan fingerprint density at radius 1 is 1.00 bits per heavy atom. The molecule has 38 heavy (non-hydrogen) atoms. The van der Waals surface area contributed by atoms with E-state index < -0.39 is 29.5 Å². The van der Waals surface area contributed by atoms with Crippen molar-refractivity contribution in [1.29, 1.82) is 0 Å². The molecule has 0 saturated carbocycles. The Kier molecular flexibility index (Phi) is 7.87. The number of nitrogens with zero attached hydrogens (tertiary/aromatic N) is 2. The number of halogens is 3. The number of aromatic nitrogens is 1. The summed E-state index contributed by atoms with van der Waals surface area (Å²) >= 11 is 5.96. The maximum Gasteiger partial charge on any atom is 0.511 e. The predicted octanol–water partition coefficient (Wildman–Crippen LogP) is 6.44. The highest BCUT2D eigenvalue weighted by atomic mass is 35.5. The van der Waals surface area contributed by atoms with Gasteiger partial charge in [0.1, 0.15) is 5.82 Å². The third kappa shape index (κ3) is 5.90. The summed E-state index contributed by atoms with van der Waals surface area (Å²) in [5.74, 6) is -2.39. The van der Waals surface area contributed by atoms with Crippen molar-refractivity contribution in [2.45, 2.75) is 12.3 Å². The second kappa shape index (κ2) is 11.3. The maximum atomic E-state index is 15.0.